The number of aryl methyl sites for hydroxylation is 2. The Morgan fingerprint density at radius 3 is 2.76 bits per heavy atom. The summed E-state index contributed by atoms with van der Waals surface area (Å²) in [6.07, 6.45) is 2.77. The van der Waals surface area contributed by atoms with Crippen molar-refractivity contribution in [2.24, 2.45) is 0 Å². The first-order chi connectivity index (χ1) is 9.93. The lowest BCUT2D eigenvalue weighted by atomic mass is 10.1. The third-order valence-corrected chi connectivity index (χ3v) is 3.33. The lowest BCUT2D eigenvalue weighted by Crippen LogP contribution is -2.29. The van der Waals surface area contributed by atoms with Gasteiger partial charge in [0.05, 0.1) is 6.20 Å². The summed E-state index contributed by atoms with van der Waals surface area (Å²) < 4.78 is 13.3. The first-order valence-corrected chi connectivity index (χ1v) is 7.00. The topological polar surface area (TPSA) is 49.2 Å². The lowest BCUT2D eigenvalue weighted by molar-refractivity contribution is -0.0431. The number of ether oxygens (including phenoxy) is 2. The van der Waals surface area contributed by atoms with E-state index in [0.29, 0.717) is 0 Å². The molecule has 0 fully saturated rings. The molecule has 0 amide bonds. The molecule has 1 aromatic carbocycles. The average Bonchev–Trinajstić information content (AvgIpc) is 2.98. The van der Waals surface area contributed by atoms with Gasteiger partial charge < -0.3 is 9.47 Å². The Balaban J connectivity index is 1.68. The van der Waals surface area contributed by atoms with E-state index in [1.165, 1.54) is 5.56 Å². The molecule has 0 bridgehead atoms. The number of hydrogen-bond donors (Lipinski definition) is 0. The summed E-state index contributed by atoms with van der Waals surface area (Å²) in [6.45, 7) is 10.4. The van der Waals surface area contributed by atoms with Crippen LogP contribution in [0.25, 0.3) is 5.57 Å². The summed E-state index contributed by atoms with van der Waals surface area (Å²) in [5.41, 5.74) is 2.94. The molecule has 2 heterocycles. The van der Waals surface area contributed by atoms with E-state index in [1.807, 2.05) is 43.8 Å². The molecule has 3 rings (SSSR count). The molecular formula is C16H19N3O2. The van der Waals surface area contributed by atoms with Crippen molar-refractivity contribution in [3.8, 4) is 11.5 Å². The number of hydrogen-bond acceptors (Lipinski definition) is 4. The van der Waals surface area contributed by atoms with Crippen LogP contribution in [0.5, 0.6) is 11.5 Å². The molecule has 0 saturated heterocycles. The van der Waals surface area contributed by atoms with Crippen LogP contribution in [0.2, 0.25) is 0 Å². The summed E-state index contributed by atoms with van der Waals surface area (Å²) in [5, 5.41) is 8.17. The number of allylic oxidation sites excluding steroid dienone is 1. The van der Waals surface area contributed by atoms with Crippen molar-refractivity contribution in [3.05, 3.63) is 42.2 Å². The number of fused-ring (bicyclic) bond motifs is 1. The maximum absolute atomic E-state index is 5.75. The van der Waals surface area contributed by atoms with Crippen LogP contribution >= 0.6 is 0 Å². The number of benzene rings is 1. The predicted octanol–water partition coefficient (Wildman–Crippen LogP) is 3.06. The zero-order valence-corrected chi connectivity index (χ0v) is 12.6. The molecule has 1 aliphatic rings. The Kier molecular flexibility index (Phi) is 3.20. The maximum atomic E-state index is 5.75. The zero-order chi connectivity index (χ0) is 15.0. The molecule has 0 spiro atoms. The Hall–Kier alpha value is -2.30. The zero-order valence-electron chi connectivity index (χ0n) is 12.6. The van der Waals surface area contributed by atoms with Gasteiger partial charge >= 0.3 is 0 Å². The fourth-order valence-electron chi connectivity index (χ4n) is 2.27. The summed E-state index contributed by atoms with van der Waals surface area (Å²) in [6, 6.07) is 6.04. The second-order valence-electron chi connectivity index (χ2n) is 5.78. The van der Waals surface area contributed by atoms with Crippen LogP contribution in [0, 0.1) is 0 Å². The van der Waals surface area contributed by atoms with Gasteiger partial charge in [-0.3, -0.25) is 4.68 Å². The van der Waals surface area contributed by atoms with Gasteiger partial charge in [0.1, 0.15) is 5.69 Å². The van der Waals surface area contributed by atoms with E-state index in [1.54, 1.807) is 0 Å². The van der Waals surface area contributed by atoms with E-state index < -0.39 is 5.79 Å². The highest BCUT2D eigenvalue weighted by molar-refractivity contribution is 5.56. The fraction of sp³-hybridized carbons (Fsp3) is 0.375. The third-order valence-electron chi connectivity index (χ3n) is 3.33. The molecular weight excluding hydrogens is 266 g/mol. The summed E-state index contributed by atoms with van der Waals surface area (Å²) in [7, 11) is 0. The van der Waals surface area contributed by atoms with Crippen molar-refractivity contribution in [2.75, 3.05) is 0 Å². The maximum Gasteiger partial charge on any atom is 0.246 e. The summed E-state index contributed by atoms with van der Waals surface area (Å²) in [4.78, 5) is 0. The first kappa shape index (κ1) is 13.7. The minimum absolute atomic E-state index is 0.580. The molecule has 0 saturated carbocycles. The molecule has 2 aromatic rings. The van der Waals surface area contributed by atoms with Crippen LogP contribution in [0.1, 0.15) is 32.0 Å². The Morgan fingerprint density at radius 1 is 1.29 bits per heavy atom. The smallest absolute Gasteiger partial charge is 0.246 e. The largest absolute Gasteiger partial charge is 0.449 e. The Bertz CT molecular complexity index is 689. The minimum Gasteiger partial charge on any atom is -0.449 e. The quantitative estimate of drug-likeness (QED) is 0.866. The average molecular weight is 285 g/mol. The van der Waals surface area contributed by atoms with Gasteiger partial charge in [-0.15, -0.1) is 5.10 Å². The normalized spacial score (nSPS) is 15.2. The lowest BCUT2D eigenvalue weighted by Gasteiger charge is -2.16. The molecule has 0 N–H and O–H groups in total. The molecule has 1 aromatic heterocycles. The molecule has 0 radical (unpaired) electrons. The predicted molar refractivity (Wildman–Crippen MR) is 80.2 cm³/mol. The van der Waals surface area contributed by atoms with E-state index in [4.69, 9.17) is 9.47 Å². The first-order valence-electron chi connectivity index (χ1n) is 7.00. The van der Waals surface area contributed by atoms with Gasteiger partial charge in [-0.05, 0) is 36.6 Å². The van der Waals surface area contributed by atoms with Crippen LogP contribution in [0.4, 0.5) is 0 Å². The van der Waals surface area contributed by atoms with Crippen LogP contribution in [-0.4, -0.2) is 20.8 Å². The highest BCUT2D eigenvalue weighted by Crippen LogP contribution is 2.39. The summed E-state index contributed by atoms with van der Waals surface area (Å²) in [5.74, 6) is 1.02. The third kappa shape index (κ3) is 2.91. The Morgan fingerprint density at radius 2 is 2.05 bits per heavy atom. The standard InChI is InChI=1S/C16H19N3O2/c1-11(2)13-10-19(18-17-13)8-7-12-5-6-14-15(9-12)21-16(3,4)20-14/h5-6,9-10H,1,7-8H2,2-4H3. The second-order valence-corrected chi connectivity index (χ2v) is 5.78. The van der Waals surface area contributed by atoms with Crippen LogP contribution in [0.15, 0.2) is 31.0 Å². The molecule has 5 heteroatoms. The number of nitrogens with zero attached hydrogens (tertiary/aromatic N) is 3. The molecule has 0 aliphatic carbocycles. The van der Waals surface area contributed by atoms with Gasteiger partial charge in [-0.2, -0.15) is 0 Å². The highest BCUT2D eigenvalue weighted by atomic mass is 16.7. The van der Waals surface area contributed by atoms with Crippen molar-refractivity contribution in [2.45, 2.75) is 39.5 Å². The molecule has 0 atom stereocenters. The van der Waals surface area contributed by atoms with E-state index in [-0.39, 0.29) is 0 Å². The van der Waals surface area contributed by atoms with Crippen molar-refractivity contribution in [1.82, 2.24) is 15.0 Å². The second kappa shape index (κ2) is 4.91. The minimum atomic E-state index is -0.580. The summed E-state index contributed by atoms with van der Waals surface area (Å²) >= 11 is 0. The van der Waals surface area contributed by atoms with Crippen molar-refractivity contribution in [1.29, 1.82) is 0 Å². The molecule has 1 aliphatic heterocycles. The fourth-order valence-corrected chi connectivity index (χ4v) is 2.27. The van der Waals surface area contributed by atoms with Gasteiger partial charge in [0.15, 0.2) is 11.5 Å². The van der Waals surface area contributed by atoms with Gasteiger partial charge in [-0.25, -0.2) is 0 Å². The van der Waals surface area contributed by atoms with Gasteiger partial charge in [0.2, 0.25) is 5.79 Å². The highest BCUT2D eigenvalue weighted by Gasteiger charge is 2.31. The van der Waals surface area contributed by atoms with Gasteiger partial charge in [0, 0.05) is 20.4 Å². The van der Waals surface area contributed by atoms with Gasteiger partial charge in [-0.1, -0.05) is 17.9 Å². The van der Waals surface area contributed by atoms with E-state index in [0.717, 1.165) is 35.7 Å². The van der Waals surface area contributed by atoms with Crippen molar-refractivity contribution < 1.29 is 9.47 Å². The van der Waals surface area contributed by atoms with E-state index in [2.05, 4.69) is 23.0 Å². The van der Waals surface area contributed by atoms with Crippen molar-refractivity contribution in [3.63, 3.8) is 0 Å². The monoisotopic (exact) mass is 285 g/mol. The van der Waals surface area contributed by atoms with Crippen molar-refractivity contribution >= 4 is 5.57 Å². The van der Waals surface area contributed by atoms with Crippen LogP contribution in [-0.2, 0) is 13.0 Å². The Labute approximate surface area is 124 Å². The molecule has 5 nitrogen and oxygen atoms in total. The number of aromatic nitrogens is 3. The molecule has 0 unspecified atom stereocenters. The van der Waals surface area contributed by atoms with E-state index >= 15 is 0 Å². The SMILES string of the molecule is C=C(C)c1cn(CCc2ccc3c(c2)OC(C)(C)O3)nn1. The molecule has 110 valence electrons. The van der Waals surface area contributed by atoms with E-state index in [9.17, 15) is 0 Å². The van der Waals surface area contributed by atoms with Gasteiger partial charge in [0.25, 0.3) is 0 Å². The van der Waals surface area contributed by atoms with Crippen LogP contribution < -0.4 is 9.47 Å². The van der Waals surface area contributed by atoms with Crippen LogP contribution in [0.3, 0.4) is 0 Å². The number of rotatable bonds is 4. The molecule has 21 heavy (non-hydrogen) atoms.